The molecular formula is C20H23N3O2. The molecule has 1 unspecified atom stereocenters. The van der Waals surface area contributed by atoms with Crippen molar-refractivity contribution in [2.24, 2.45) is 0 Å². The monoisotopic (exact) mass is 337 g/mol. The number of carbonyl (C=O) groups excluding carboxylic acids is 2. The van der Waals surface area contributed by atoms with Gasteiger partial charge in [0.05, 0.1) is 0 Å². The fourth-order valence-corrected chi connectivity index (χ4v) is 3.08. The Balaban J connectivity index is 1.47. The summed E-state index contributed by atoms with van der Waals surface area (Å²) in [6, 6.07) is 17.0. The summed E-state index contributed by atoms with van der Waals surface area (Å²) in [5.41, 5.74) is 3.29. The molecule has 0 spiro atoms. The van der Waals surface area contributed by atoms with E-state index in [1.165, 1.54) is 11.1 Å². The first-order chi connectivity index (χ1) is 12.1. The molecule has 0 radical (unpaired) electrons. The number of fused-ring (bicyclic) bond motifs is 1. The van der Waals surface area contributed by atoms with Crippen LogP contribution in [-0.2, 0) is 17.6 Å². The van der Waals surface area contributed by atoms with Crippen molar-refractivity contribution in [3.8, 4) is 0 Å². The van der Waals surface area contributed by atoms with E-state index in [-0.39, 0.29) is 11.9 Å². The first kappa shape index (κ1) is 17.0. The van der Waals surface area contributed by atoms with Crippen LogP contribution in [0.15, 0.2) is 54.6 Å². The standard InChI is InChI=1S/C20H23N3O2/c1-15(19(24)23-14-12-17-9-5-6-10-18(17)23)22-20(25)21-13-11-16-7-3-2-4-8-16/h2-10,15H,11-14H2,1H3,(H2,21,22,25). The third-order valence-electron chi connectivity index (χ3n) is 4.41. The fraction of sp³-hybridized carbons (Fsp3) is 0.300. The number of rotatable bonds is 5. The van der Waals surface area contributed by atoms with Crippen LogP contribution in [0.25, 0.3) is 0 Å². The average Bonchev–Trinajstić information content (AvgIpc) is 3.06. The van der Waals surface area contributed by atoms with Crippen LogP contribution in [0.2, 0.25) is 0 Å². The SMILES string of the molecule is CC(NC(=O)NCCc1ccccc1)C(=O)N1CCc2ccccc21. The molecule has 25 heavy (non-hydrogen) atoms. The minimum absolute atomic E-state index is 0.0804. The maximum absolute atomic E-state index is 12.6. The number of urea groups is 1. The number of amides is 3. The predicted octanol–water partition coefficient (Wildman–Crippen LogP) is 2.51. The molecular weight excluding hydrogens is 314 g/mol. The van der Waals surface area contributed by atoms with E-state index in [1.54, 1.807) is 11.8 Å². The van der Waals surface area contributed by atoms with E-state index in [0.717, 1.165) is 18.5 Å². The maximum atomic E-state index is 12.6. The Morgan fingerprint density at radius 2 is 1.80 bits per heavy atom. The molecule has 130 valence electrons. The van der Waals surface area contributed by atoms with Gasteiger partial charge >= 0.3 is 6.03 Å². The van der Waals surface area contributed by atoms with Gasteiger partial charge in [-0.25, -0.2) is 4.79 Å². The third-order valence-corrected chi connectivity index (χ3v) is 4.41. The second kappa shape index (κ2) is 7.83. The number of anilines is 1. The summed E-state index contributed by atoms with van der Waals surface area (Å²) in [5.74, 6) is -0.0804. The predicted molar refractivity (Wildman–Crippen MR) is 98.6 cm³/mol. The molecule has 0 bridgehead atoms. The number of nitrogens with zero attached hydrogens (tertiary/aromatic N) is 1. The van der Waals surface area contributed by atoms with Gasteiger partial charge in [-0.3, -0.25) is 4.79 Å². The molecule has 1 aliphatic rings. The summed E-state index contributed by atoms with van der Waals surface area (Å²) in [6.07, 6.45) is 1.62. The molecule has 1 aliphatic heterocycles. The third kappa shape index (κ3) is 4.18. The van der Waals surface area contributed by atoms with Crippen LogP contribution in [0.5, 0.6) is 0 Å². The number of carbonyl (C=O) groups is 2. The Labute approximate surface area is 148 Å². The smallest absolute Gasteiger partial charge is 0.315 e. The van der Waals surface area contributed by atoms with Crippen molar-refractivity contribution < 1.29 is 9.59 Å². The quantitative estimate of drug-likeness (QED) is 0.881. The van der Waals surface area contributed by atoms with Gasteiger partial charge in [-0.2, -0.15) is 0 Å². The molecule has 2 aromatic carbocycles. The van der Waals surface area contributed by atoms with Gasteiger partial charge in [0.15, 0.2) is 0 Å². The zero-order valence-electron chi connectivity index (χ0n) is 14.4. The van der Waals surface area contributed by atoms with Gasteiger partial charge in [-0.05, 0) is 37.0 Å². The van der Waals surface area contributed by atoms with Gasteiger partial charge in [-0.1, -0.05) is 48.5 Å². The Morgan fingerprint density at radius 3 is 2.60 bits per heavy atom. The lowest BCUT2D eigenvalue weighted by atomic mass is 10.1. The average molecular weight is 337 g/mol. The summed E-state index contributed by atoms with van der Waals surface area (Å²) in [7, 11) is 0. The van der Waals surface area contributed by atoms with E-state index in [1.807, 2.05) is 54.6 Å². The van der Waals surface area contributed by atoms with E-state index < -0.39 is 6.04 Å². The van der Waals surface area contributed by atoms with Crippen LogP contribution in [-0.4, -0.2) is 31.1 Å². The first-order valence-electron chi connectivity index (χ1n) is 8.63. The minimum atomic E-state index is -0.567. The highest BCUT2D eigenvalue weighted by Gasteiger charge is 2.28. The number of para-hydroxylation sites is 1. The largest absolute Gasteiger partial charge is 0.338 e. The molecule has 5 heteroatoms. The number of hydrogen-bond acceptors (Lipinski definition) is 2. The van der Waals surface area contributed by atoms with Crippen molar-refractivity contribution in [3.05, 3.63) is 65.7 Å². The summed E-state index contributed by atoms with van der Waals surface area (Å²) < 4.78 is 0. The molecule has 3 rings (SSSR count). The van der Waals surface area contributed by atoms with E-state index in [2.05, 4.69) is 10.6 Å². The van der Waals surface area contributed by atoms with E-state index in [4.69, 9.17) is 0 Å². The summed E-state index contributed by atoms with van der Waals surface area (Å²) >= 11 is 0. The lowest BCUT2D eigenvalue weighted by Crippen LogP contribution is -2.49. The van der Waals surface area contributed by atoms with Gasteiger partial charge in [0.25, 0.3) is 0 Å². The summed E-state index contributed by atoms with van der Waals surface area (Å²) in [6.45, 7) is 2.92. The van der Waals surface area contributed by atoms with Crippen LogP contribution < -0.4 is 15.5 Å². The van der Waals surface area contributed by atoms with Gasteiger partial charge in [0.1, 0.15) is 6.04 Å². The van der Waals surface area contributed by atoms with Crippen LogP contribution in [0.4, 0.5) is 10.5 Å². The van der Waals surface area contributed by atoms with E-state index in [9.17, 15) is 9.59 Å². The van der Waals surface area contributed by atoms with Gasteiger partial charge < -0.3 is 15.5 Å². The lowest BCUT2D eigenvalue weighted by Gasteiger charge is -2.22. The Bertz CT molecular complexity index is 746. The van der Waals surface area contributed by atoms with Crippen LogP contribution in [0.3, 0.4) is 0 Å². The van der Waals surface area contributed by atoms with E-state index >= 15 is 0 Å². The second-order valence-corrected chi connectivity index (χ2v) is 6.23. The normalized spacial score (nSPS) is 13.9. The Morgan fingerprint density at radius 1 is 1.08 bits per heavy atom. The van der Waals surface area contributed by atoms with Crippen molar-refractivity contribution in [3.63, 3.8) is 0 Å². The van der Waals surface area contributed by atoms with Crippen molar-refractivity contribution >= 4 is 17.6 Å². The topological polar surface area (TPSA) is 61.4 Å². The number of benzene rings is 2. The molecule has 3 amide bonds. The molecule has 0 saturated heterocycles. The molecule has 5 nitrogen and oxygen atoms in total. The van der Waals surface area contributed by atoms with Crippen molar-refractivity contribution in [1.82, 2.24) is 10.6 Å². The van der Waals surface area contributed by atoms with Crippen molar-refractivity contribution in [2.45, 2.75) is 25.8 Å². The van der Waals surface area contributed by atoms with Crippen molar-refractivity contribution in [2.75, 3.05) is 18.0 Å². The Hall–Kier alpha value is -2.82. The van der Waals surface area contributed by atoms with Gasteiger partial charge in [0, 0.05) is 18.8 Å². The summed E-state index contributed by atoms with van der Waals surface area (Å²) in [4.78, 5) is 26.4. The molecule has 0 aliphatic carbocycles. The van der Waals surface area contributed by atoms with Crippen LogP contribution in [0, 0.1) is 0 Å². The van der Waals surface area contributed by atoms with Crippen molar-refractivity contribution in [1.29, 1.82) is 0 Å². The lowest BCUT2D eigenvalue weighted by molar-refractivity contribution is -0.119. The molecule has 0 aromatic heterocycles. The number of hydrogen-bond donors (Lipinski definition) is 2. The minimum Gasteiger partial charge on any atom is -0.338 e. The van der Waals surface area contributed by atoms with E-state index in [0.29, 0.717) is 13.1 Å². The zero-order valence-corrected chi connectivity index (χ0v) is 14.4. The second-order valence-electron chi connectivity index (χ2n) is 6.23. The molecule has 2 N–H and O–H groups in total. The molecule has 0 fully saturated rings. The highest BCUT2D eigenvalue weighted by molar-refractivity contribution is 6.00. The van der Waals surface area contributed by atoms with Gasteiger partial charge in [-0.15, -0.1) is 0 Å². The maximum Gasteiger partial charge on any atom is 0.315 e. The number of nitrogens with one attached hydrogen (secondary N) is 2. The van der Waals surface area contributed by atoms with Crippen LogP contribution >= 0.6 is 0 Å². The molecule has 2 aromatic rings. The molecule has 0 saturated carbocycles. The fourth-order valence-electron chi connectivity index (χ4n) is 3.08. The zero-order chi connectivity index (χ0) is 17.6. The Kier molecular flexibility index (Phi) is 5.33. The first-order valence-corrected chi connectivity index (χ1v) is 8.63. The highest BCUT2D eigenvalue weighted by atomic mass is 16.2. The van der Waals surface area contributed by atoms with Crippen LogP contribution in [0.1, 0.15) is 18.1 Å². The summed E-state index contributed by atoms with van der Waals surface area (Å²) in [5, 5.41) is 5.54. The molecule has 1 atom stereocenters. The molecule has 1 heterocycles. The van der Waals surface area contributed by atoms with Gasteiger partial charge in [0.2, 0.25) is 5.91 Å². The highest BCUT2D eigenvalue weighted by Crippen LogP contribution is 2.27.